The number of hydrogen-bond acceptors (Lipinski definition) is 2. The highest BCUT2D eigenvalue weighted by Gasteiger charge is 2.44. The summed E-state index contributed by atoms with van der Waals surface area (Å²) in [7, 11) is 0. The monoisotopic (exact) mass is 324 g/mol. The topological polar surface area (TPSA) is 50.4 Å². The van der Waals surface area contributed by atoms with Crippen LogP contribution in [0.4, 0.5) is 10.5 Å². The number of rotatable bonds is 6. The molecule has 1 aliphatic carbocycles. The van der Waals surface area contributed by atoms with E-state index >= 15 is 0 Å². The summed E-state index contributed by atoms with van der Waals surface area (Å²) < 4.78 is 5.60. The Morgan fingerprint density at radius 2 is 1.75 bits per heavy atom. The normalized spacial score (nSPS) is 15.0. The van der Waals surface area contributed by atoms with Crippen LogP contribution in [0.25, 0.3) is 0 Å². The average molecular weight is 324 g/mol. The van der Waals surface area contributed by atoms with Crippen molar-refractivity contribution in [3.8, 4) is 5.75 Å². The van der Waals surface area contributed by atoms with E-state index in [0.717, 1.165) is 24.3 Å². The highest BCUT2D eigenvalue weighted by atomic mass is 16.5. The van der Waals surface area contributed by atoms with Crippen LogP contribution in [-0.4, -0.2) is 18.7 Å². The number of carbonyl (C=O) groups is 1. The second-order valence-corrected chi connectivity index (χ2v) is 6.65. The van der Waals surface area contributed by atoms with Crippen molar-refractivity contribution in [1.82, 2.24) is 5.32 Å². The molecule has 0 unspecified atom stereocenters. The Kier molecular flexibility index (Phi) is 4.74. The lowest BCUT2D eigenvalue weighted by atomic mass is 9.96. The van der Waals surface area contributed by atoms with Crippen molar-refractivity contribution in [3.05, 3.63) is 60.2 Å². The number of nitrogens with one attached hydrogen (secondary N) is 2. The molecule has 1 fully saturated rings. The standard InChI is InChI=1S/C20H24N2O2/c1-15(2)24-18-10-8-17(9-11-18)22-19(23)21-14-20(12-13-20)16-6-4-3-5-7-16/h3-11,15H,12-14H2,1-2H3,(H2,21,22,23). The molecule has 2 amide bonds. The molecule has 4 heteroatoms. The summed E-state index contributed by atoms with van der Waals surface area (Å²) in [5, 5.41) is 5.87. The summed E-state index contributed by atoms with van der Waals surface area (Å²) in [6.07, 6.45) is 2.39. The van der Waals surface area contributed by atoms with Crippen LogP contribution in [0, 0.1) is 0 Å². The van der Waals surface area contributed by atoms with E-state index in [1.165, 1.54) is 5.56 Å². The van der Waals surface area contributed by atoms with E-state index in [4.69, 9.17) is 4.74 Å². The van der Waals surface area contributed by atoms with Crippen LogP contribution >= 0.6 is 0 Å². The molecule has 2 N–H and O–H groups in total. The number of hydrogen-bond donors (Lipinski definition) is 2. The molecule has 3 rings (SSSR count). The van der Waals surface area contributed by atoms with Gasteiger partial charge in [0.15, 0.2) is 0 Å². The molecule has 4 nitrogen and oxygen atoms in total. The van der Waals surface area contributed by atoms with Gasteiger partial charge in [0.25, 0.3) is 0 Å². The number of carbonyl (C=O) groups excluding carboxylic acids is 1. The average Bonchev–Trinajstić information content (AvgIpc) is 3.37. The van der Waals surface area contributed by atoms with Crippen molar-refractivity contribution in [2.75, 3.05) is 11.9 Å². The highest BCUT2D eigenvalue weighted by molar-refractivity contribution is 5.89. The van der Waals surface area contributed by atoms with E-state index < -0.39 is 0 Å². The molecule has 0 radical (unpaired) electrons. The number of benzene rings is 2. The van der Waals surface area contributed by atoms with Crippen molar-refractivity contribution in [3.63, 3.8) is 0 Å². The van der Waals surface area contributed by atoms with Crippen LogP contribution < -0.4 is 15.4 Å². The number of urea groups is 1. The molecule has 1 aliphatic rings. The van der Waals surface area contributed by atoms with E-state index in [1.54, 1.807) is 0 Å². The van der Waals surface area contributed by atoms with Crippen LogP contribution in [0.1, 0.15) is 32.3 Å². The Morgan fingerprint density at radius 3 is 2.33 bits per heavy atom. The predicted octanol–water partition coefficient (Wildman–Crippen LogP) is 4.33. The van der Waals surface area contributed by atoms with Crippen LogP contribution in [-0.2, 0) is 5.41 Å². The molecule has 126 valence electrons. The van der Waals surface area contributed by atoms with Crippen molar-refractivity contribution in [1.29, 1.82) is 0 Å². The minimum absolute atomic E-state index is 0.119. The lowest BCUT2D eigenvalue weighted by molar-refractivity contribution is 0.242. The van der Waals surface area contributed by atoms with Gasteiger partial charge in [-0.05, 0) is 56.5 Å². The quantitative estimate of drug-likeness (QED) is 0.831. The Balaban J connectivity index is 1.51. The Bertz CT molecular complexity index is 677. The maximum atomic E-state index is 12.1. The Morgan fingerprint density at radius 1 is 1.08 bits per heavy atom. The molecule has 0 saturated heterocycles. The highest BCUT2D eigenvalue weighted by Crippen LogP contribution is 2.47. The van der Waals surface area contributed by atoms with Gasteiger partial charge in [-0.25, -0.2) is 4.79 Å². The molecule has 0 aliphatic heterocycles. The van der Waals surface area contributed by atoms with Gasteiger partial charge in [-0.3, -0.25) is 0 Å². The summed E-state index contributed by atoms with van der Waals surface area (Å²) in [5.74, 6) is 0.803. The fourth-order valence-electron chi connectivity index (χ4n) is 2.82. The minimum atomic E-state index is -0.172. The smallest absolute Gasteiger partial charge is 0.319 e. The first-order valence-electron chi connectivity index (χ1n) is 8.44. The van der Waals surface area contributed by atoms with E-state index in [-0.39, 0.29) is 17.6 Å². The van der Waals surface area contributed by atoms with Crippen molar-refractivity contribution < 1.29 is 9.53 Å². The zero-order chi connectivity index (χ0) is 17.0. The summed E-state index contributed by atoms with van der Waals surface area (Å²) >= 11 is 0. The first-order valence-corrected chi connectivity index (χ1v) is 8.44. The van der Waals surface area contributed by atoms with Crippen molar-refractivity contribution in [2.24, 2.45) is 0 Å². The number of amides is 2. The van der Waals surface area contributed by atoms with Gasteiger partial charge in [0.05, 0.1) is 6.10 Å². The van der Waals surface area contributed by atoms with E-state index in [1.807, 2.05) is 44.2 Å². The summed E-state index contributed by atoms with van der Waals surface area (Å²) in [5.41, 5.74) is 2.18. The molecule has 1 saturated carbocycles. The fraction of sp³-hybridized carbons (Fsp3) is 0.350. The van der Waals surface area contributed by atoms with Crippen LogP contribution in [0.3, 0.4) is 0 Å². The second-order valence-electron chi connectivity index (χ2n) is 6.65. The van der Waals surface area contributed by atoms with Crippen LogP contribution in [0.5, 0.6) is 5.75 Å². The zero-order valence-corrected chi connectivity index (χ0v) is 14.2. The first-order chi connectivity index (χ1) is 11.6. The molecule has 0 aromatic heterocycles. The van der Waals surface area contributed by atoms with Gasteiger partial charge < -0.3 is 15.4 Å². The van der Waals surface area contributed by atoms with Gasteiger partial charge in [-0.15, -0.1) is 0 Å². The molecule has 0 atom stereocenters. The zero-order valence-electron chi connectivity index (χ0n) is 14.2. The molecule has 0 bridgehead atoms. The first kappa shape index (κ1) is 16.4. The molecule has 24 heavy (non-hydrogen) atoms. The maximum absolute atomic E-state index is 12.1. The summed E-state index contributed by atoms with van der Waals surface area (Å²) in [4.78, 5) is 12.1. The molecular formula is C20H24N2O2. The number of anilines is 1. The summed E-state index contributed by atoms with van der Waals surface area (Å²) in [6, 6.07) is 17.7. The second kappa shape index (κ2) is 6.95. The Labute approximate surface area is 143 Å². The third kappa shape index (κ3) is 4.07. The predicted molar refractivity (Wildman–Crippen MR) is 96.6 cm³/mol. The lowest BCUT2D eigenvalue weighted by Gasteiger charge is -2.17. The summed E-state index contributed by atoms with van der Waals surface area (Å²) in [6.45, 7) is 4.64. The lowest BCUT2D eigenvalue weighted by Crippen LogP contribution is -2.35. The molecular weight excluding hydrogens is 300 g/mol. The van der Waals surface area contributed by atoms with Gasteiger partial charge in [-0.2, -0.15) is 0 Å². The van der Waals surface area contributed by atoms with Crippen molar-refractivity contribution >= 4 is 11.7 Å². The van der Waals surface area contributed by atoms with Gasteiger partial charge in [0.2, 0.25) is 0 Å². The SMILES string of the molecule is CC(C)Oc1ccc(NC(=O)NCC2(c3ccccc3)CC2)cc1. The van der Waals surface area contributed by atoms with Gasteiger partial charge in [0.1, 0.15) is 5.75 Å². The maximum Gasteiger partial charge on any atom is 0.319 e. The van der Waals surface area contributed by atoms with Crippen LogP contribution in [0.2, 0.25) is 0 Å². The molecule has 0 spiro atoms. The van der Waals surface area contributed by atoms with Gasteiger partial charge >= 0.3 is 6.03 Å². The third-order valence-corrected chi connectivity index (χ3v) is 4.31. The van der Waals surface area contributed by atoms with E-state index in [9.17, 15) is 4.79 Å². The fourth-order valence-corrected chi connectivity index (χ4v) is 2.82. The Hall–Kier alpha value is -2.49. The van der Waals surface area contributed by atoms with Crippen LogP contribution in [0.15, 0.2) is 54.6 Å². The molecule has 0 heterocycles. The van der Waals surface area contributed by atoms with Crippen molar-refractivity contribution in [2.45, 2.75) is 38.2 Å². The van der Waals surface area contributed by atoms with Gasteiger partial charge in [0, 0.05) is 17.6 Å². The molecule has 2 aromatic carbocycles. The number of ether oxygens (including phenoxy) is 1. The van der Waals surface area contributed by atoms with Gasteiger partial charge in [-0.1, -0.05) is 30.3 Å². The minimum Gasteiger partial charge on any atom is -0.491 e. The van der Waals surface area contributed by atoms with E-state index in [2.05, 4.69) is 34.9 Å². The third-order valence-electron chi connectivity index (χ3n) is 4.31. The largest absolute Gasteiger partial charge is 0.491 e. The molecule has 2 aromatic rings. The van der Waals surface area contributed by atoms with E-state index in [0.29, 0.717) is 6.54 Å².